The Bertz CT molecular complexity index is 757. The summed E-state index contributed by atoms with van der Waals surface area (Å²) in [5.41, 5.74) is 0. The van der Waals surface area contributed by atoms with Crippen molar-refractivity contribution in [2.24, 2.45) is 11.8 Å². The number of rotatable bonds is 9. The lowest BCUT2D eigenvalue weighted by Gasteiger charge is -2.39. The molecule has 1 heterocycles. The third kappa shape index (κ3) is 6.69. The zero-order chi connectivity index (χ0) is 21.6. The molecule has 0 spiro atoms. The third-order valence-corrected chi connectivity index (χ3v) is 7.19. The molecule has 164 valence electrons. The number of methoxy groups -OCH3 is 1. The summed E-state index contributed by atoms with van der Waals surface area (Å²) < 4.78 is 32.6. The van der Waals surface area contributed by atoms with E-state index in [2.05, 4.69) is 35.7 Å². The fourth-order valence-electron chi connectivity index (χ4n) is 3.61. The van der Waals surface area contributed by atoms with E-state index in [9.17, 15) is 13.2 Å². The van der Waals surface area contributed by atoms with Crippen LogP contribution < -0.4 is 14.8 Å². The highest BCUT2D eigenvalue weighted by molar-refractivity contribution is 7.89. The molecule has 0 aromatic heterocycles. The van der Waals surface area contributed by atoms with Gasteiger partial charge in [-0.3, -0.25) is 9.69 Å². The first-order chi connectivity index (χ1) is 13.6. The first kappa shape index (κ1) is 23.6. The minimum atomic E-state index is -3.79. The Morgan fingerprint density at radius 3 is 2.28 bits per heavy atom. The van der Waals surface area contributed by atoms with Gasteiger partial charge < -0.3 is 10.1 Å². The van der Waals surface area contributed by atoms with E-state index in [1.807, 2.05) is 0 Å². The standard InChI is InChI=1S/C21H35N3O4S/c1-15(2)20(24-12-10-16(3)11-13-24)14-22-21(25)17(4)23-29(26,27)19-8-6-18(28-5)7-9-19/h6-9,15-17,20,23H,10-14H2,1-5H3,(H,22,25)/t17-,20?/m0/s1. The van der Waals surface area contributed by atoms with Gasteiger partial charge in [0.25, 0.3) is 0 Å². The second-order valence-electron chi connectivity index (χ2n) is 8.29. The summed E-state index contributed by atoms with van der Waals surface area (Å²) in [6.07, 6.45) is 2.35. The smallest absolute Gasteiger partial charge is 0.241 e. The molecule has 1 unspecified atom stereocenters. The first-order valence-corrected chi connectivity index (χ1v) is 11.8. The molecule has 0 radical (unpaired) electrons. The summed E-state index contributed by atoms with van der Waals surface area (Å²) in [6.45, 7) is 10.7. The van der Waals surface area contributed by atoms with Gasteiger partial charge in [0.05, 0.1) is 18.0 Å². The van der Waals surface area contributed by atoms with Crippen LogP contribution >= 0.6 is 0 Å². The molecule has 1 aliphatic rings. The predicted octanol–water partition coefficient (Wildman–Crippen LogP) is 2.23. The third-order valence-electron chi connectivity index (χ3n) is 5.64. The topological polar surface area (TPSA) is 87.7 Å². The molecule has 1 aliphatic heterocycles. The minimum Gasteiger partial charge on any atom is -0.497 e. The molecule has 0 saturated carbocycles. The molecule has 1 aromatic carbocycles. The minimum absolute atomic E-state index is 0.0976. The fourth-order valence-corrected chi connectivity index (χ4v) is 4.82. The Labute approximate surface area is 175 Å². The number of carbonyl (C=O) groups excluding carboxylic acids is 1. The molecule has 1 fully saturated rings. The van der Waals surface area contributed by atoms with Crippen LogP contribution in [-0.2, 0) is 14.8 Å². The van der Waals surface area contributed by atoms with Gasteiger partial charge in [-0.05, 0) is 69.0 Å². The second kappa shape index (κ2) is 10.4. The van der Waals surface area contributed by atoms with Crippen molar-refractivity contribution in [2.45, 2.75) is 57.5 Å². The summed E-state index contributed by atoms with van der Waals surface area (Å²) in [5.74, 6) is 1.40. The van der Waals surface area contributed by atoms with Gasteiger partial charge in [-0.1, -0.05) is 20.8 Å². The largest absolute Gasteiger partial charge is 0.497 e. The van der Waals surface area contributed by atoms with Crippen LogP contribution in [0.3, 0.4) is 0 Å². The lowest BCUT2D eigenvalue weighted by molar-refractivity contribution is -0.122. The summed E-state index contributed by atoms with van der Waals surface area (Å²) in [4.78, 5) is 15.1. The van der Waals surface area contributed by atoms with E-state index in [0.29, 0.717) is 18.2 Å². The Morgan fingerprint density at radius 1 is 1.17 bits per heavy atom. The van der Waals surface area contributed by atoms with E-state index in [4.69, 9.17) is 4.74 Å². The number of sulfonamides is 1. The zero-order valence-corrected chi connectivity index (χ0v) is 19.0. The van der Waals surface area contributed by atoms with Crippen LogP contribution in [0.5, 0.6) is 5.75 Å². The Hall–Kier alpha value is -1.64. The maximum Gasteiger partial charge on any atom is 0.241 e. The van der Waals surface area contributed by atoms with E-state index in [1.165, 1.54) is 32.1 Å². The molecule has 1 saturated heterocycles. The highest BCUT2D eigenvalue weighted by atomic mass is 32.2. The van der Waals surface area contributed by atoms with Gasteiger partial charge in [-0.15, -0.1) is 0 Å². The number of carbonyl (C=O) groups is 1. The molecule has 8 heteroatoms. The van der Waals surface area contributed by atoms with E-state index >= 15 is 0 Å². The normalized spacial score (nSPS) is 18.4. The maximum absolute atomic E-state index is 12.5. The average Bonchev–Trinajstić information content (AvgIpc) is 2.68. The molecule has 0 aliphatic carbocycles. The molecule has 7 nitrogen and oxygen atoms in total. The lowest BCUT2D eigenvalue weighted by atomic mass is 9.94. The number of piperidine rings is 1. The average molecular weight is 426 g/mol. The molecule has 29 heavy (non-hydrogen) atoms. The van der Waals surface area contributed by atoms with Crippen LogP contribution in [0, 0.1) is 11.8 Å². The highest BCUT2D eigenvalue weighted by Gasteiger charge is 2.27. The molecule has 1 amide bonds. The first-order valence-electron chi connectivity index (χ1n) is 10.3. The molecular weight excluding hydrogens is 390 g/mol. The van der Waals surface area contributed by atoms with Crippen molar-refractivity contribution in [2.75, 3.05) is 26.7 Å². The van der Waals surface area contributed by atoms with Crippen LogP contribution in [0.4, 0.5) is 0 Å². The lowest BCUT2D eigenvalue weighted by Crippen LogP contribution is -2.52. The van der Waals surface area contributed by atoms with Crippen molar-refractivity contribution in [3.63, 3.8) is 0 Å². The molecule has 1 aromatic rings. The SMILES string of the molecule is COc1ccc(S(=O)(=O)N[C@@H](C)C(=O)NCC(C(C)C)N2CCC(C)CC2)cc1. The molecule has 2 atom stereocenters. The monoisotopic (exact) mass is 425 g/mol. The van der Waals surface area contributed by atoms with Crippen molar-refractivity contribution in [1.82, 2.24) is 14.9 Å². The van der Waals surface area contributed by atoms with Crippen molar-refractivity contribution in [3.8, 4) is 5.75 Å². The van der Waals surface area contributed by atoms with Crippen molar-refractivity contribution in [1.29, 1.82) is 0 Å². The van der Waals surface area contributed by atoms with Gasteiger partial charge in [0.15, 0.2) is 0 Å². The summed E-state index contributed by atoms with van der Waals surface area (Å²) in [5, 5.41) is 2.94. The summed E-state index contributed by atoms with van der Waals surface area (Å²) in [7, 11) is -2.27. The van der Waals surface area contributed by atoms with Crippen LogP contribution in [0.2, 0.25) is 0 Å². The Kier molecular flexibility index (Phi) is 8.48. The fraction of sp³-hybridized carbons (Fsp3) is 0.667. The molecule has 2 rings (SSSR count). The summed E-state index contributed by atoms with van der Waals surface area (Å²) in [6, 6.07) is 5.45. The second-order valence-corrected chi connectivity index (χ2v) is 10.0. The van der Waals surface area contributed by atoms with Gasteiger partial charge in [-0.2, -0.15) is 4.72 Å². The van der Waals surface area contributed by atoms with Gasteiger partial charge in [0.1, 0.15) is 5.75 Å². The quantitative estimate of drug-likeness (QED) is 0.634. The van der Waals surface area contributed by atoms with E-state index < -0.39 is 16.1 Å². The van der Waals surface area contributed by atoms with Gasteiger partial charge in [0, 0.05) is 12.6 Å². The predicted molar refractivity (Wildman–Crippen MR) is 114 cm³/mol. The Morgan fingerprint density at radius 2 is 1.76 bits per heavy atom. The Balaban J connectivity index is 1.92. The van der Waals surface area contributed by atoms with Crippen LogP contribution in [0.15, 0.2) is 29.2 Å². The zero-order valence-electron chi connectivity index (χ0n) is 18.1. The summed E-state index contributed by atoms with van der Waals surface area (Å²) >= 11 is 0. The number of benzene rings is 1. The number of amides is 1. The number of nitrogens with zero attached hydrogens (tertiary/aromatic N) is 1. The van der Waals surface area contributed by atoms with E-state index in [0.717, 1.165) is 19.0 Å². The van der Waals surface area contributed by atoms with E-state index in [1.54, 1.807) is 19.1 Å². The molecule has 2 N–H and O–H groups in total. The van der Waals surface area contributed by atoms with Gasteiger partial charge >= 0.3 is 0 Å². The van der Waals surface area contributed by atoms with Crippen molar-refractivity contribution in [3.05, 3.63) is 24.3 Å². The number of nitrogens with one attached hydrogen (secondary N) is 2. The van der Waals surface area contributed by atoms with Crippen LogP contribution in [0.1, 0.15) is 40.5 Å². The maximum atomic E-state index is 12.5. The highest BCUT2D eigenvalue weighted by Crippen LogP contribution is 2.21. The van der Waals surface area contributed by atoms with E-state index in [-0.39, 0.29) is 16.8 Å². The van der Waals surface area contributed by atoms with Gasteiger partial charge in [-0.25, -0.2) is 8.42 Å². The number of hydrogen-bond donors (Lipinski definition) is 2. The molecule has 0 bridgehead atoms. The van der Waals surface area contributed by atoms with Crippen LogP contribution in [0.25, 0.3) is 0 Å². The van der Waals surface area contributed by atoms with Gasteiger partial charge in [0.2, 0.25) is 15.9 Å². The van der Waals surface area contributed by atoms with Crippen molar-refractivity contribution >= 4 is 15.9 Å². The molecular formula is C21H35N3O4S. The number of likely N-dealkylation sites (tertiary alicyclic amines) is 1. The van der Waals surface area contributed by atoms with Crippen molar-refractivity contribution < 1.29 is 17.9 Å². The van der Waals surface area contributed by atoms with Crippen LogP contribution in [-0.4, -0.2) is 58.1 Å². The number of hydrogen-bond acceptors (Lipinski definition) is 5. The number of ether oxygens (including phenoxy) is 1.